The van der Waals surface area contributed by atoms with E-state index < -0.39 is 6.09 Å². The molecule has 3 heterocycles. The lowest BCUT2D eigenvalue weighted by Crippen LogP contribution is -2.35. The molecular formula is C18H22N2O3. The fourth-order valence-electron chi connectivity index (χ4n) is 3.96. The Morgan fingerprint density at radius 3 is 2.83 bits per heavy atom. The molecule has 1 aromatic heterocycles. The molecule has 5 nitrogen and oxygen atoms in total. The minimum atomic E-state index is -0.822. The summed E-state index contributed by atoms with van der Waals surface area (Å²) in [7, 11) is 0. The van der Waals surface area contributed by atoms with Gasteiger partial charge in [-0.05, 0) is 24.8 Å². The maximum absolute atomic E-state index is 11.3. The molecule has 2 aliphatic rings. The third-order valence-electron chi connectivity index (χ3n) is 5.21. The van der Waals surface area contributed by atoms with Crippen molar-refractivity contribution in [2.24, 2.45) is 5.92 Å². The van der Waals surface area contributed by atoms with Crippen molar-refractivity contribution in [1.29, 1.82) is 0 Å². The van der Waals surface area contributed by atoms with E-state index >= 15 is 0 Å². The molecule has 0 radical (unpaired) electrons. The molecule has 1 aromatic carbocycles. The first-order valence-corrected chi connectivity index (χ1v) is 8.38. The number of benzene rings is 1. The first kappa shape index (κ1) is 14.6. The van der Waals surface area contributed by atoms with Crippen molar-refractivity contribution in [3.8, 4) is 0 Å². The van der Waals surface area contributed by atoms with Crippen LogP contribution in [0.25, 0.3) is 10.9 Å². The van der Waals surface area contributed by atoms with Gasteiger partial charge < -0.3 is 19.3 Å². The van der Waals surface area contributed by atoms with Crippen molar-refractivity contribution in [1.82, 2.24) is 9.47 Å². The molecule has 0 aliphatic carbocycles. The molecule has 0 bridgehead atoms. The van der Waals surface area contributed by atoms with E-state index in [1.807, 2.05) is 6.07 Å². The van der Waals surface area contributed by atoms with Crippen molar-refractivity contribution < 1.29 is 14.6 Å². The third-order valence-corrected chi connectivity index (χ3v) is 5.21. The van der Waals surface area contributed by atoms with Crippen LogP contribution in [-0.4, -0.2) is 40.4 Å². The molecule has 0 unspecified atom stereocenters. The minimum absolute atomic E-state index is 0.506. The maximum atomic E-state index is 11.3. The maximum Gasteiger partial charge on any atom is 0.407 e. The van der Waals surface area contributed by atoms with Gasteiger partial charge in [-0.25, -0.2) is 4.79 Å². The highest BCUT2D eigenvalue weighted by molar-refractivity contribution is 5.86. The summed E-state index contributed by atoms with van der Waals surface area (Å²) in [6.07, 6.45) is 2.21. The van der Waals surface area contributed by atoms with Gasteiger partial charge >= 0.3 is 6.09 Å². The van der Waals surface area contributed by atoms with Crippen LogP contribution >= 0.6 is 0 Å². The lowest BCUT2D eigenvalue weighted by molar-refractivity contribution is 0.0612. The van der Waals surface area contributed by atoms with E-state index in [0.717, 1.165) is 39.0 Å². The standard InChI is InChI=1S/C18H22N2O3/c21-18(22)19-8-5-17-15(12-19)14-3-1-2-4-16(14)20(17)11-13-6-9-23-10-7-13/h1-4,13H,5-12H2,(H,21,22). The summed E-state index contributed by atoms with van der Waals surface area (Å²) in [4.78, 5) is 12.9. The molecule has 2 aromatic rings. The topological polar surface area (TPSA) is 54.7 Å². The highest BCUT2D eigenvalue weighted by Crippen LogP contribution is 2.32. The monoisotopic (exact) mass is 314 g/mol. The van der Waals surface area contributed by atoms with Gasteiger partial charge in [0, 0.05) is 54.9 Å². The van der Waals surface area contributed by atoms with Crippen molar-refractivity contribution in [2.75, 3.05) is 19.8 Å². The van der Waals surface area contributed by atoms with Crippen LogP contribution in [0.4, 0.5) is 4.79 Å². The largest absolute Gasteiger partial charge is 0.465 e. The number of carbonyl (C=O) groups is 1. The number of aromatic nitrogens is 1. The van der Waals surface area contributed by atoms with E-state index in [1.54, 1.807) is 0 Å². The number of nitrogens with zero attached hydrogens (tertiary/aromatic N) is 2. The lowest BCUT2D eigenvalue weighted by Gasteiger charge is -2.28. The fourth-order valence-corrected chi connectivity index (χ4v) is 3.96. The average Bonchev–Trinajstić information content (AvgIpc) is 2.90. The van der Waals surface area contributed by atoms with Crippen LogP contribution in [0.15, 0.2) is 24.3 Å². The van der Waals surface area contributed by atoms with Crippen molar-refractivity contribution in [3.05, 3.63) is 35.5 Å². The molecule has 0 saturated carbocycles. The molecule has 23 heavy (non-hydrogen) atoms. The van der Waals surface area contributed by atoms with E-state index in [-0.39, 0.29) is 0 Å². The van der Waals surface area contributed by atoms with Gasteiger partial charge in [0.15, 0.2) is 0 Å². The fraction of sp³-hybridized carbons (Fsp3) is 0.500. The second kappa shape index (κ2) is 5.89. The molecule has 4 rings (SSSR count). The number of hydrogen-bond donors (Lipinski definition) is 1. The van der Waals surface area contributed by atoms with Gasteiger partial charge in [0.2, 0.25) is 0 Å². The average molecular weight is 314 g/mol. The smallest absolute Gasteiger partial charge is 0.407 e. The number of fused-ring (bicyclic) bond motifs is 3. The van der Waals surface area contributed by atoms with E-state index in [0.29, 0.717) is 19.0 Å². The molecule has 1 N–H and O–H groups in total. The van der Waals surface area contributed by atoms with Crippen LogP contribution in [-0.2, 0) is 24.2 Å². The van der Waals surface area contributed by atoms with Crippen LogP contribution in [0.3, 0.4) is 0 Å². The van der Waals surface area contributed by atoms with Crippen molar-refractivity contribution in [2.45, 2.75) is 32.4 Å². The predicted molar refractivity (Wildman–Crippen MR) is 87.6 cm³/mol. The Balaban J connectivity index is 1.74. The van der Waals surface area contributed by atoms with Gasteiger partial charge in [0.1, 0.15) is 0 Å². The molecule has 2 aliphatic heterocycles. The lowest BCUT2D eigenvalue weighted by atomic mass is 10.00. The Kier molecular flexibility index (Phi) is 3.73. The minimum Gasteiger partial charge on any atom is -0.465 e. The van der Waals surface area contributed by atoms with Gasteiger partial charge in [-0.1, -0.05) is 18.2 Å². The Morgan fingerprint density at radius 2 is 2.04 bits per heavy atom. The van der Waals surface area contributed by atoms with Crippen molar-refractivity contribution in [3.63, 3.8) is 0 Å². The Bertz CT molecular complexity index is 731. The molecule has 0 spiro atoms. The second-order valence-corrected chi connectivity index (χ2v) is 6.56. The molecule has 1 fully saturated rings. The normalized spacial score (nSPS) is 19.0. The van der Waals surface area contributed by atoms with E-state index in [2.05, 4.69) is 22.8 Å². The van der Waals surface area contributed by atoms with Crippen LogP contribution in [0.1, 0.15) is 24.1 Å². The summed E-state index contributed by atoms with van der Waals surface area (Å²) in [6.45, 7) is 3.84. The van der Waals surface area contributed by atoms with E-state index in [4.69, 9.17) is 4.74 Å². The first-order valence-electron chi connectivity index (χ1n) is 8.38. The van der Waals surface area contributed by atoms with Gasteiger partial charge in [0.05, 0.1) is 6.54 Å². The number of ether oxygens (including phenoxy) is 1. The molecule has 122 valence electrons. The summed E-state index contributed by atoms with van der Waals surface area (Å²) in [5.74, 6) is 0.654. The summed E-state index contributed by atoms with van der Waals surface area (Å²) < 4.78 is 7.92. The molecule has 5 heteroatoms. The van der Waals surface area contributed by atoms with Crippen molar-refractivity contribution >= 4 is 17.0 Å². The highest BCUT2D eigenvalue weighted by Gasteiger charge is 2.27. The molecule has 0 atom stereocenters. The predicted octanol–water partition coefficient (Wildman–Crippen LogP) is 3.10. The third kappa shape index (κ3) is 2.59. The molecule has 1 saturated heterocycles. The van der Waals surface area contributed by atoms with Gasteiger partial charge in [0.25, 0.3) is 0 Å². The Hall–Kier alpha value is -2.01. The second-order valence-electron chi connectivity index (χ2n) is 6.56. The van der Waals surface area contributed by atoms with Crippen LogP contribution in [0, 0.1) is 5.92 Å². The summed E-state index contributed by atoms with van der Waals surface area (Å²) in [6, 6.07) is 8.41. The van der Waals surface area contributed by atoms with Crippen LogP contribution < -0.4 is 0 Å². The van der Waals surface area contributed by atoms with E-state index in [1.165, 1.54) is 27.1 Å². The zero-order valence-corrected chi connectivity index (χ0v) is 13.2. The number of para-hydroxylation sites is 1. The Labute approximate surface area is 135 Å². The SMILES string of the molecule is O=C(O)N1CCc2c(c3ccccc3n2CC2CCOCC2)C1. The van der Waals surface area contributed by atoms with E-state index in [9.17, 15) is 9.90 Å². The highest BCUT2D eigenvalue weighted by atomic mass is 16.5. The summed E-state index contributed by atoms with van der Waals surface area (Å²) in [5, 5.41) is 10.5. The first-order chi connectivity index (χ1) is 11.2. The summed E-state index contributed by atoms with van der Waals surface area (Å²) in [5.41, 5.74) is 3.77. The summed E-state index contributed by atoms with van der Waals surface area (Å²) >= 11 is 0. The Morgan fingerprint density at radius 1 is 1.26 bits per heavy atom. The van der Waals surface area contributed by atoms with Gasteiger partial charge in [-0.2, -0.15) is 0 Å². The quantitative estimate of drug-likeness (QED) is 0.926. The van der Waals surface area contributed by atoms with Crippen LogP contribution in [0.2, 0.25) is 0 Å². The zero-order chi connectivity index (χ0) is 15.8. The number of hydrogen-bond acceptors (Lipinski definition) is 2. The van der Waals surface area contributed by atoms with Gasteiger partial charge in [-0.3, -0.25) is 0 Å². The van der Waals surface area contributed by atoms with Crippen LogP contribution in [0.5, 0.6) is 0 Å². The van der Waals surface area contributed by atoms with Gasteiger partial charge in [-0.15, -0.1) is 0 Å². The number of carboxylic acid groups (broad SMARTS) is 1. The number of rotatable bonds is 2. The zero-order valence-electron chi connectivity index (χ0n) is 13.2. The molecular weight excluding hydrogens is 292 g/mol. The number of amides is 1. The molecule has 1 amide bonds.